The molecule has 1 aromatic rings. The smallest absolute Gasteiger partial charge is 0.227 e. The number of likely N-dealkylation sites (N-methyl/N-ethyl adjacent to an activating group) is 1. The molecule has 0 radical (unpaired) electrons. The zero-order chi connectivity index (χ0) is 13.5. The van der Waals surface area contributed by atoms with Crippen LogP contribution in [0.3, 0.4) is 0 Å². The van der Waals surface area contributed by atoms with Gasteiger partial charge in [0.2, 0.25) is 5.91 Å². The van der Waals surface area contributed by atoms with Gasteiger partial charge in [-0.3, -0.25) is 4.79 Å². The molecule has 1 amide bonds. The van der Waals surface area contributed by atoms with Gasteiger partial charge in [-0.15, -0.1) is 0 Å². The molecule has 0 aliphatic heterocycles. The fourth-order valence-corrected chi connectivity index (χ4v) is 2.24. The van der Waals surface area contributed by atoms with E-state index >= 15 is 0 Å². The molecule has 0 heterocycles. The maximum Gasteiger partial charge on any atom is 0.227 e. The van der Waals surface area contributed by atoms with Crippen molar-refractivity contribution in [2.75, 3.05) is 20.2 Å². The zero-order valence-electron chi connectivity index (χ0n) is 10.9. The summed E-state index contributed by atoms with van der Waals surface area (Å²) in [5.74, 6) is -0.243. The summed E-state index contributed by atoms with van der Waals surface area (Å²) in [4.78, 5) is 13.6. The Bertz CT molecular complexity index is 391. The molecular formula is C14H20BrNO2. The SMILES string of the molecule is CCC(CO)C(=O)N(C)CCc1cccc(Br)c1. The maximum atomic E-state index is 12.0. The van der Waals surface area contributed by atoms with Gasteiger partial charge < -0.3 is 10.0 Å². The molecule has 0 bridgehead atoms. The number of hydrogen-bond acceptors (Lipinski definition) is 2. The first-order valence-corrected chi connectivity index (χ1v) is 6.98. The van der Waals surface area contributed by atoms with Crippen LogP contribution in [0.4, 0.5) is 0 Å². The Balaban J connectivity index is 2.50. The van der Waals surface area contributed by atoms with Crippen molar-refractivity contribution in [2.45, 2.75) is 19.8 Å². The lowest BCUT2D eigenvalue weighted by Crippen LogP contribution is -2.35. The third-order valence-corrected chi connectivity index (χ3v) is 3.56. The van der Waals surface area contributed by atoms with Gasteiger partial charge in [0.15, 0.2) is 0 Å². The normalized spacial score (nSPS) is 12.2. The number of carbonyl (C=O) groups excluding carboxylic acids is 1. The maximum absolute atomic E-state index is 12.0. The summed E-state index contributed by atoms with van der Waals surface area (Å²) in [6.07, 6.45) is 1.50. The van der Waals surface area contributed by atoms with Crippen molar-refractivity contribution in [3.8, 4) is 0 Å². The van der Waals surface area contributed by atoms with Crippen molar-refractivity contribution in [3.05, 3.63) is 34.3 Å². The minimum absolute atomic E-state index is 0.0231. The molecule has 1 unspecified atom stereocenters. The van der Waals surface area contributed by atoms with Gasteiger partial charge in [-0.1, -0.05) is 35.0 Å². The highest BCUT2D eigenvalue weighted by Gasteiger charge is 2.18. The van der Waals surface area contributed by atoms with Gasteiger partial charge in [-0.2, -0.15) is 0 Å². The fraction of sp³-hybridized carbons (Fsp3) is 0.500. The number of benzene rings is 1. The lowest BCUT2D eigenvalue weighted by atomic mass is 10.1. The van der Waals surface area contributed by atoms with E-state index in [9.17, 15) is 4.79 Å². The van der Waals surface area contributed by atoms with Crippen LogP contribution in [0.25, 0.3) is 0 Å². The average molecular weight is 314 g/mol. The minimum atomic E-state index is -0.266. The summed E-state index contributed by atoms with van der Waals surface area (Å²) in [6, 6.07) is 8.08. The number of aliphatic hydroxyl groups excluding tert-OH is 1. The minimum Gasteiger partial charge on any atom is -0.396 e. The van der Waals surface area contributed by atoms with Crippen molar-refractivity contribution >= 4 is 21.8 Å². The number of hydrogen-bond donors (Lipinski definition) is 1. The van der Waals surface area contributed by atoms with Crippen molar-refractivity contribution in [3.63, 3.8) is 0 Å². The third-order valence-electron chi connectivity index (χ3n) is 3.06. The number of nitrogens with zero attached hydrogens (tertiary/aromatic N) is 1. The van der Waals surface area contributed by atoms with Crippen LogP contribution in [0, 0.1) is 5.92 Å². The van der Waals surface area contributed by atoms with Crippen LogP contribution < -0.4 is 0 Å². The molecule has 0 saturated heterocycles. The summed E-state index contributed by atoms with van der Waals surface area (Å²) < 4.78 is 1.05. The van der Waals surface area contributed by atoms with Gasteiger partial charge in [0.1, 0.15) is 0 Å². The summed E-state index contributed by atoms with van der Waals surface area (Å²) in [5.41, 5.74) is 1.20. The van der Waals surface area contributed by atoms with Gasteiger partial charge in [0, 0.05) is 18.1 Å². The molecule has 100 valence electrons. The van der Waals surface area contributed by atoms with Crippen molar-refractivity contribution in [1.29, 1.82) is 0 Å². The highest BCUT2D eigenvalue weighted by Crippen LogP contribution is 2.13. The highest BCUT2D eigenvalue weighted by molar-refractivity contribution is 9.10. The van der Waals surface area contributed by atoms with E-state index in [1.54, 1.807) is 11.9 Å². The van der Waals surface area contributed by atoms with Crippen LogP contribution in [-0.4, -0.2) is 36.1 Å². The van der Waals surface area contributed by atoms with Crippen LogP contribution in [0.5, 0.6) is 0 Å². The molecule has 1 N–H and O–H groups in total. The quantitative estimate of drug-likeness (QED) is 0.876. The van der Waals surface area contributed by atoms with Crippen LogP contribution in [0.15, 0.2) is 28.7 Å². The topological polar surface area (TPSA) is 40.5 Å². The van der Waals surface area contributed by atoms with Gasteiger partial charge in [-0.25, -0.2) is 0 Å². The molecular weight excluding hydrogens is 294 g/mol. The Hall–Kier alpha value is -0.870. The van der Waals surface area contributed by atoms with E-state index in [1.165, 1.54) is 5.56 Å². The Morgan fingerprint density at radius 1 is 1.50 bits per heavy atom. The Morgan fingerprint density at radius 2 is 2.22 bits per heavy atom. The molecule has 1 rings (SSSR count). The number of amides is 1. The van der Waals surface area contributed by atoms with Gasteiger partial charge in [-0.05, 0) is 30.5 Å². The van der Waals surface area contributed by atoms with Gasteiger partial charge in [0.05, 0.1) is 12.5 Å². The molecule has 0 aromatic heterocycles. The summed E-state index contributed by atoms with van der Waals surface area (Å²) >= 11 is 3.43. The zero-order valence-corrected chi connectivity index (χ0v) is 12.5. The Morgan fingerprint density at radius 3 is 2.78 bits per heavy atom. The van der Waals surface area contributed by atoms with Gasteiger partial charge in [0.25, 0.3) is 0 Å². The molecule has 0 spiro atoms. The molecule has 0 aliphatic carbocycles. The van der Waals surface area contributed by atoms with E-state index in [2.05, 4.69) is 22.0 Å². The number of aliphatic hydroxyl groups is 1. The second-order valence-corrected chi connectivity index (χ2v) is 5.34. The summed E-state index contributed by atoms with van der Waals surface area (Å²) in [5, 5.41) is 9.11. The van der Waals surface area contributed by atoms with Crippen LogP contribution in [0.1, 0.15) is 18.9 Å². The van der Waals surface area contributed by atoms with Crippen LogP contribution in [0.2, 0.25) is 0 Å². The number of carbonyl (C=O) groups is 1. The molecule has 4 heteroatoms. The molecule has 0 saturated carbocycles. The predicted molar refractivity (Wildman–Crippen MR) is 76.3 cm³/mol. The van der Waals surface area contributed by atoms with Gasteiger partial charge >= 0.3 is 0 Å². The molecule has 1 atom stereocenters. The van der Waals surface area contributed by atoms with E-state index in [1.807, 2.05) is 25.1 Å². The number of halogens is 1. The lowest BCUT2D eigenvalue weighted by Gasteiger charge is -2.21. The van der Waals surface area contributed by atoms with E-state index in [4.69, 9.17) is 5.11 Å². The first-order valence-electron chi connectivity index (χ1n) is 6.18. The van der Waals surface area contributed by atoms with E-state index < -0.39 is 0 Å². The van der Waals surface area contributed by atoms with Crippen molar-refractivity contribution in [1.82, 2.24) is 4.90 Å². The molecule has 3 nitrogen and oxygen atoms in total. The van der Waals surface area contributed by atoms with Crippen LogP contribution >= 0.6 is 15.9 Å². The molecule has 1 aromatic carbocycles. The first-order chi connectivity index (χ1) is 8.58. The lowest BCUT2D eigenvalue weighted by molar-refractivity contribution is -0.135. The number of rotatable bonds is 6. The monoisotopic (exact) mass is 313 g/mol. The standard InChI is InChI=1S/C14H20BrNO2/c1-3-12(10-17)14(18)16(2)8-7-11-5-4-6-13(15)9-11/h4-6,9,12,17H,3,7-8,10H2,1-2H3. The second-order valence-electron chi connectivity index (χ2n) is 4.43. The van der Waals surface area contributed by atoms with Crippen molar-refractivity contribution in [2.24, 2.45) is 5.92 Å². The molecule has 0 aliphatic rings. The van der Waals surface area contributed by atoms with E-state index in [-0.39, 0.29) is 18.4 Å². The Kier molecular flexibility index (Phi) is 6.36. The summed E-state index contributed by atoms with van der Waals surface area (Å²) in [7, 11) is 1.79. The van der Waals surface area contributed by atoms with E-state index in [0.717, 1.165) is 10.9 Å². The molecule has 0 fully saturated rings. The second kappa shape index (κ2) is 7.54. The largest absolute Gasteiger partial charge is 0.396 e. The predicted octanol–water partition coefficient (Wildman–Crippen LogP) is 2.47. The van der Waals surface area contributed by atoms with Crippen LogP contribution in [-0.2, 0) is 11.2 Å². The average Bonchev–Trinajstić information content (AvgIpc) is 2.37. The van der Waals surface area contributed by atoms with E-state index in [0.29, 0.717) is 13.0 Å². The fourth-order valence-electron chi connectivity index (χ4n) is 1.79. The Labute approximate surface area is 117 Å². The first kappa shape index (κ1) is 15.2. The molecule has 18 heavy (non-hydrogen) atoms. The third kappa shape index (κ3) is 4.42. The summed E-state index contributed by atoms with van der Waals surface area (Å²) in [6.45, 7) is 2.52. The highest BCUT2D eigenvalue weighted by atomic mass is 79.9. The van der Waals surface area contributed by atoms with Crippen molar-refractivity contribution < 1.29 is 9.90 Å².